The first-order valence-corrected chi connectivity index (χ1v) is 5.24. The topological polar surface area (TPSA) is 24.1 Å². The Labute approximate surface area is 75.1 Å². The van der Waals surface area contributed by atoms with Crippen LogP contribution >= 0.6 is 0 Å². The van der Waals surface area contributed by atoms with Gasteiger partial charge < -0.3 is 10.6 Å². The highest BCUT2D eigenvalue weighted by molar-refractivity contribution is 4.91. The molecule has 0 unspecified atom stereocenters. The molecule has 1 heterocycles. The van der Waals surface area contributed by atoms with Crippen molar-refractivity contribution in [2.75, 3.05) is 19.6 Å². The predicted octanol–water partition coefficient (Wildman–Crippen LogP) is 1.13. The molecule has 2 aliphatic rings. The lowest BCUT2D eigenvalue weighted by molar-refractivity contribution is 0.198. The van der Waals surface area contributed by atoms with Gasteiger partial charge in [-0.3, -0.25) is 0 Å². The molecule has 1 saturated heterocycles. The smallest absolute Gasteiger partial charge is 0.0153 e. The largest absolute Gasteiger partial charge is 0.316 e. The highest BCUT2D eigenvalue weighted by atomic mass is 15.0. The zero-order valence-electron chi connectivity index (χ0n) is 8.03. The summed E-state index contributed by atoms with van der Waals surface area (Å²) < 4.78 is 0. The third-order valence-electron chi connectivity index (χ3n) is 3.43. The zero-order chi connectivity index (χ0) is 8.44. The third-order valence-corrected chi connectivity index (χ3v) is 3.43. The van der Waals surface area contributed by atoms with E-state index in [0.29, 0.717) is 5.54 Å². The van der Waals surface area contributed by atoms with E-state index in [9.17, 15) is 0 Å². The lowest BCUT2D eigenvalue weighted by Gasteiger charge is -2.40. The number of rotatable bonds is 4. The molecule has 0 aromatic rings. The molecule has 0 aromatic carbocycles. The van der Waals surface area contributed by atoms with Crippen LogP contribution in [0.15, 0.2) is 0 Å². The molecule has 2 N–H and O–H groups in total. The van der Waals surface area contributed by atoms with Gasteiger partial charge >= 0.3 is 0 Å². The average Bonchev–Trinajstić information content (AvgIpc) is 1.91. The van der Waals surface area contributed by atoms with E-state index in [1.54, 1.807) is 0 Å². The normalized spacial score (nSPS) is 27.8. The summed E-state index contributed by atoms with van der Waals surface area (Å²) in [7, 11) is 0. The molecule has 70 valence electrons. The molecule has 1 aliphatic carbocycles. The first kappa shape index (κ1) is 8.52. The minimum Gasteiger partial charge on any atom is -0.316 e. The van der Waals surface area contributed by atoms with Gasteiger partial charge in [0.05, 0.1) is 0 Å². The van der Waals surface area contributed by atoms with E-state index in [1.165, 1.54) is 45.3 Å². The van der Waals surface area contributed by atoms with Gasteiger partial charge in [0.25, 0.3) is 0 Å². The van der Waals surface area contributed by atoms with Gasteiger partial charge in [-0.25, -0.2) is 0 Å². The molecule has 0 atom stereocenters. The van der Waals surface area contributed by atoms with Crippen LogP contribution in [0.5, 0.6) is 0 Å². The molecule has 0 aromatic heterocycles. The second-order valence-corrected chi connectivity index (χ2v) is 4.65. The molecular weight excluding hydrogens is 148 g/mol. The number of nitrogens with one attached hydrogen (secondary N) is 2. The van der Waals surface area contributed by atoms with Crippen molar-refractivity contribution in [1.82, 2.24) is 10.6 Å². The van der Waals surface area contributed by atoms with E-state index in [1.807, 2.05) is 0 Å². The second kappa shape index (κ2) is 3.35. The van der Waals surface area contributed by atoms with Crippen LogP contribution < -0.4 is 10.6 Å². The van der Waals surface area contributed by atoms with Gasteiger partial charge in [0, 0.05) is 5.54 Å². The summed E-state index contributed by atoms with van der Waals surface area (Å²) in [6.07, 6.45) is 5.56. The summed E-state index contributed by atoms with van der Waals surface area (Å²) in [6.45, 7) is 6.08. The van der Waals surface area contributed by atoms with Crippen LogP contribution in [-0.2, 0) is 0 Å². The van der Waals surface area contributed by atoms with Crippen LogP contribution in [0.3, 0.4) is 0 Å². The zero-order valence-corrected chi connectivity index (χ0v) is 8.03. The maximum atomic E-state index is 3.67. The van der Waals surface area contributed by atoms with Crippen molar-refractivity contribution in [3.8, 4) is 0 Å². The van der Waals surface area contributed by atoms with Crippen LogP contribution in [0.25, 0.3) is 0 Å². The van der Waals surface area contributed by atoms with Gasteiger partial charge in [0.1, 0.15) is 0 Å². The van der Waals surface area contributed by atoms with Gasteiger partial charge in [0.15, 0.2) is 0 Å². The maximum absolute atomic E-state index is 3.67. The first-order chi connectivity index (χ1) is 5.79. The van der Waals surface area contributed by atoms with Crippen molar-refractivity contribution in [3.05, 3.63) is 0 Å². The molecule has 0 radical (unpaired) electrons. The fraction of sp³-hybridized carbons (Fsp3) is 1.00. The van der Waals surface area contributed by atoms with E-state index < -0.39 is 0 Å². The van der Waals surface area contributed by atoms with Crippen LogP contribution in [0.4, 0.5) is 0 Å². The van der Waals surface area contributed by atoms with Gasteiger partial charge in [-0.15, -0.1) is 0 Å². The Kier molecular flexibility index (Phi) is 2.37. The lowest BCUT2D eigenvalue weighted by atomic mass is 9.78. The molecule has 2 nitrogen and oxygen atoms in total. The molecule has 1 aliphatic heterocycles. The maximum Gasteiger partial charge on any atom is 0.0153 e. The van der Waals surface area contributed by atoms with E-state index in [-0.39, 0.29) is 0 Å². The molecule has 0 spiro atoms. The summed E-state index contributed by atoms with van der Waals surface area (Å²) in [5, 5.41) is 6.98. The van der Waals surface area contributed by atoms with Crippen LogP contribution in [0.1, 0.15) is 32.6 Å². The average molecular weight is 168 g/mol. The van der Waals surface area contributed by atoms with Crippen molar-refractivity contribution in [2.24, 2.45) is 5.92 Å². The number of hydrogen-bond acceptors (Lipinski definition) is 2. The Morgan fingerprint density at radius 2 is 2.17 bits per heavy atom. The van der Waals surface area contributed by atoms with Crippen molar-refractivity contribution in [2.45, 2.75) is 38.1 Å². The van der Waals surface area contributed by atoms with E-state index in [2.05, 4.69) is 17.6 Å². The Hall–Kier alpha value is -0.0800. The molecule has 2 heteroatoms. The quantitative estimate of drug-likeness (QED) is 0.657. The van der Waals surface area contributed by atoms with Gasteiger partial charge in [-0.05, 0) is 58.2 Å². The highest BCUT2D eigenvalue weighted by Gasteiger charge is 2.30. The third kappa shape index (κ3) is 1.80. The highest BCUT2D eigenvalue weighted by Crippen LogP contribution is 2.30. The summed E-state index contributed by atoms with van der Waals surface area (Å²) in [6, 6.07) is 0. The fourth-order valence-electron chi connectivity index (χ4n) is 2.01. The number of hydrogen-bond donors (Lipinski definition) is 2. The van der Waals surface area contributed by atoms with Crippen molar-refractivity contribution in [1.29, 1.82) is 0 Å². The van der Waals surface area contributed by atoms with Crippen LogP contribution in [-0.4, -0.2) is 25.2 Å². The predicted molar refractivity (Wildman–Crippen MR) is 51.2 cm³/mol. The monoisotopic (exact) mass is 168 g/mol. The van der Waals surface area contributed by atoms with Gasteiger partial charge in [-0.2, -0.15) is 0 Å². The van der Waals surface area contributed by atoms with Crippen LogP contribution in [0, 0.1) is 5.92 Å². The molecule has 0 amide bonds. The van der Waals surface area contributed by atoms with Gasteiger partial charge in [0.2, 0.25) is 0 Å². The van der Waals surface area contributed by atoms with E-state index in [0.717, 1.165) is 5.92 Å². The fourth-order valence-corrected chi connectivity index (χ4v) is 2.01. The van der Waals surface area contributed by atoms with Crippen molar-refractivity contribution >= 4 is 0 Å². The summed E-state index contributed by atoms with van der Waals surface area (Å²) in [4.78, 5) is 0. The Balaban J connectivity index is 1.55. The first-order valence-electron chi connectivity index (χ1n) is 5.24. The molecule has 0 bridgehead atoms. The Morgan fingerprint density at radius 1 is 1.42 bits per heavy atom. The molecule has 2 rings (SSSR count). The molecule has 12 heavy (non-hydrogen) atoms. The molecule has 1 saturated carbocycles. The standard InChI is InChI=1S/C10H20N2/c1-10(4-2-5-10)12-6-3-9-7-11-8-9/h9,11-12H,2-8H2,1H3. The second-order valence-electron chi connectivity index (χ2n) is 4.65. The van der Waals surface area contributed by atoms with Crippen LogP contribution in [0.2, 0.25) is 0 Å². The minimum absolute atomic E-state index is 0.511. The van der Waals surface area contributed by atoms with Crippen molar-refractivity contribution < 1.29 is 0 Å². The van der Waals surface area contributed by atoms with Gasteiger partial charge in [-0.1, -0.05) is 0 Å². The summed E-state index contributed by atoms with van der Waals surface area (Å²) >= 11 is 0. The van der Waals surface area contributed by atoms with E-state index >= 15 is 0 Å². The SMILES string of the molecule is CC1(NCCC2CNC2)CCC1. The summed E-state index contributed by atoms with van der Waals surface area (Å²) in [5.41, 5.74) is 0.511. The molecular formula is C10H20N2. The minimum atomic E-state index is 0.511. The Morgan fingerprint density at radius 3 is 2.58 bits per heavy atom. The van der Waals surface area contributed by atoms with Crippen molar-refractivity contribution in [3.63, 3.8) is 0 Å². The molecule has 2 fully saturated rings. The van der Waals surface area contributed by atoms with E-state index in [4.69, 9.17) is 0 Å². The summed E-state index contributed by atoms with van der Waals surface area (Å²) in [5.74, 6) is 0.959. The lowest BCUT2D eigenvalue weighted by Crippen LogP contribution is -2.50. The Bertz CT molecular complexity index is 148.